The quantitative estimate of drug-likeness (QED) is 0.379. The molecule has 0 bridgehead atoms. The lowest BCUT2D eigenvalue weighted by molar-refractivity contribution is 0.155. The van der Waals surface area contributed by atoms with Crippen LogP contribution in [-0.2, 0) is 13.0 Å². The average Bonchev–Trinajstić information content (AvgIpc) is 2.82. The summed E-state index contributed by atoms with van der Waals surface area (Å²) >= 11 is 0. The van der Waals surface area contributed by atoms with Gasteiger partial charge in [0.05, 0.1) is 0 Å². The number of likely N-dealkylation sites (tertiary alicyclic amines) is 1. The normalized spacial score (nSPS) is 14.5. The first kappa shape index (κ1) is 24.2. The first-order valence-corrected chi connectivity index (χ1v) is 11.4. The van der Waals surface area contributed by atoms with Crippen molar-refractivity contribution >= 4 is 12.4 Å². The van der Waals surface area contributed by atoms with Crippen molar-refractivity contribution in [3.63, 3.8) is 0 Å². The lowest BCUT2D eigenvalue weighted by atomic mass is 9.90. The van der Waals surface area contributed by atoms with Gasteiger partial charge in [0, 0.05) is 6.54 Å². The van der Waals surface area contributed by atoms with E-state index in [4.69, 9.17) is 9.47 Å². The monoisotopic (exact) mass is 451 g/mol. The van der Waals surface area contributed by atoms with Crippen LogP contribution in [0.3, 0.4) is 0 Å². The van der Waals surface area contributed by atoms with Gasteiger partial charge < -0.3 is 9.47 Å². The summed E-state index contributed by atoms with van der Waals surface area (Å²) in [5.41, 5.74) is 3.99. The van der Waals surface area contributed by atoms with Gasteiger partial charge >= 0.3 is 0 Å². The van der Waals surface area contributed by atoms with Crippen molar-refractivity contribution in [2.75, 3.05) is 26.2 Å². The Labute approximate surface area is 198 Å². The highest BCUT2D eigenvalue weighted by molar-refractivity contribution is 5.85. The van der Waals surface area contributed by atoms with E-state index in [1.807, 2.05) is 42.5 Å². The summed E-state index contributed by atoms with van der Waals surface area (Å²) in [4.78, 5) is 2.53. The van der Waals surface area contributed by atoms with Crippen LogP contribution in [0, 0.1) is 12.8 Å². The van der Waals surface area contributed by atoms with Gasteiger partial charge in [-0.05, 0) is 80.6 Å². The van der Waals surface area contributed by atoms with Crippen molar-refractivity contribution in [1.82, 2.24) is 4.90 Å². The number of piperidine rings is 1. The van der Waals surface area contributed by atoms with Crippen LogP contribution >= 0.6 is 12.4 Å². The number of benzene rings is 3. The lowest BCUT2D eigenvalue weighted by Gasteiger charge is -2.32. The van der Waals surface area contributed by atoms with Crippen molar-refractivity contribution in [3.05, 3.63) is 95.6 Å². The van der Waals surface area contributed by atoms with E-state index in [0.29, 0.717) is 6.61 Å². The van der Waals surface area contributed by atoms with Gasteiger partial charge in [0.2, 0.25) is 0 Å². The number of nitrogens with zero attached hydrogens (tertiary/aromatic N) is 1. The summed E-state index contributed by atoms with van der Waals surface area (Å²) in [5, 5.41) is 0. The van der Waals surface area contributed by atoms with Gasteiger partial charge in [-0.15, -0.1) is 12.4 Å². The Morgan fingerprint density at radius 3 is 2.03 bits per heavy atom. The molecule has 0 radical (unpaired) electrons. The number of hydrogen-bond donors (Lipinski definition) is 0. The average molecular weight is 452 g/mol. The van der Waals surface area contributed by atoms with Crippen LogP contribution in [0.2, 0.25) is 0 Å². The second kappa shape index (κ2) is 12.5. The van der Waals surface area contributed by atoms with Crippen molar-refractivity contribution in [3.8, 4) is 11.5 Å². The SMILES string of the molecule is Cc1ccc(CC2CCN(CCOc3ccc(OCc4ccccc4)cc3)CC2)cc1.Cl. The third-order valence-corrected chi connectivity index (χ3v) is 6.10. The molecule has 0 aliphatic carbocycles. The van der Waals surface area contributed by atoms with Gasteiger partial charge in [-0.3, -0.25) is 4.90 Å². The van der Waals surface area contributed by atoms with E-state index in [1.165, 1.54) is 49.0 Å². The van der Waals surface area contributed by atoms with Crippen LogP contribution in [0.25, 0.3) is 0 Å². The third-order valence-electron chi connectivity index (χ3n) is 6.10. The molecule has 0 atom stereocenters. The van der Waals surface area contributed by atoms with Crippen LogP contribution in [0.5, 0.6) is 11.5 Å². The highest BCUT2D eigenvalue weighted by atomic mass is 35.5. The molecule has 1 fully saturated rings. The molecule has 0 unspecified atom stereocenters. The molecule has 3 aromatic rings. The van der Waals surface area contributed by atoms with E-state index < -0.39 is 0 Å². The highest BCUT2D eigenvalue weighted by Crippen LogP contribution is 2.22. The molecule has 32 heavy (non-hydrogen) atoms. The molecule has 1 saturated heterocycles. The molecule has 1 heterocycles. The first-order valence-electron chi connectivity index (χ1n) is 11.4. The minimum atomic E-state index is 0. The maximum absolute atomic E-state index is 5.96. The van der Waals surface area contributed by atoms with Crippen molar-refractivity contribution in [2.24, 2.45) is 5.92 Å². The van der Waals surface area contributed by atoms with Gasteiger partial charge in [-0.25, -0.2) is 0 Å². The van der Waals surface area contributed by atoms with Crippen molar-refractivity contribution in [1.29, 1.82) is 0 Å². The first-order chi connectivity index (χ1) is 15.2. The van der Waals surface area contributed by atoms with Crippen molar-refractivity contribution in [2.45, 2.75) is 32.8 Å². The Kier molecular flexibility index (Phi) is 9.45. The fourth-order valence-corrected chi connectivity index (χ4v) is 4.14. The molecule has 3 nitrogen and oxygen atoms in total. The summed E-state index contributed by atoms with van der Waals surface area (Å²) in [6.45, 7) is 6.80. The minimum absolute atomic E-state index is 0. The maximum Gasteiger partial charge on any atom is 0.120 e. The zero-order chi connectivity index (χ0) is 21.3. The summed E-state index contributed by atoms with van der Waals surface area (Å²) in [7, 11) is 0. The fraction of sp³-hybridized carbons (Fsp3) is 0.357. The largest absolute Gasteiger partial charge is 0.492 e. The molecule has 3 aromatic carbocycles. The van der Waals surface area contributed by atoms with Crippen LogP contribution < -0.4 is 9.47 Å². The van der Waals surface area contributed by atoms with E-state index in [-0.39, 0.29) is 12.4 Å². The molecule has 4 rings (SSSR count). The third kappa shape index (κ3) is 7.58. The number of aryl methyl sites for hydroxylation is 1. The maximum atomic E-state index is 5.96. The van der Waals surface area contributed by atoms with Gasteiger partial charge in [-0.1, -0.05) is 60.2 Å². The standard InChI is InChI=1S/C28H33NO2.ClH/c1-23-7-9-24(10-8-23)21-25-15-17-29(18-16-25)19-20-30-27-11-13-28(14-12-27)31-22-26-5-3-2-4-6-26;/h2-14,25H,15-22H2,1H3;1H. The van der Waals surface area contributed by atoms with Crippen LogP contribution in [0.4, 0.5) is 0 Å². The zero-order valence-corrected chi connectivity index (χ0v) is 19.7. The van der Waals surface area contributed by atoms with Gasteiger partial charge in [0.15, 0.2) is 0 Å². The molecular weight excluding hydrogens is 418 g/mol. The summed E-state index contributed by atoms with van der Waals surface area (Å²) in [6, 6.07) is 27.2. The molecule has 0 N–H and O–H groups in total. The van der Waals surface area contributed by atoms with Crippen LogP contribution in [-0.4, -0.2) is 31.1 Å². The van der Waals surface area contributed by atoms with E-state index in [0.717, 1.165) is 30.6 Å². The summed E-state index contributed by atoms with van der Waals surface area (Å²) in [6.07, 6.45) is 3.77. The second-order valence-electron chi connectivity index (χ2n) is 8.57. The molecule has 4 heteroatoms. The predicted octanol–water partition coefficient (Wildman–Crippen LogP) is 6.33. The fourth-order valence-electron chi connectivity index (χ4n) is 4.14. The predicted molar refractivity (Wildman–Crippen MR) is 134 cm³/mol. The molecule has 1 aliphatic heterocycles. The van der Waals surface area contributed by atoms with Gasteiger partial charge in [0.1, 0.15) is 24.7 Å². The van der Waals surface area contributed by atoms with E-state index in [9.17, 15) is 0 Å². The van der Waals surface area contributed by atoms with E-state index in [2.05, 4.69) is 48.2 Å². The highest BCUT2D eigenvalue weighted by Gasteiger charge is 2.19. The Hall–Kier alpha value is -2.49. The molecule has 0 spiro atoms. The lowest BCUT2D eigenvalue weighted by Crippen LogP contribution is -2.37. The Bertz CT molecular complexity index is 904. The van der Waals surface area contributed by atoms with Gasteiger partial charge in [-0.2, -0.15) is 0 Å². The molecule has 0 saturated carbocycles. The molecule has 0 aromatic heterocycles. The van der Waals surface area contributed by atoms with E-state index in [1.54, 1.807) is 0 Å². The minimum Gasteiger partial charge on any atom is -0.492 e. The van der Waals surface area contributed by atoms with Gasteiger partial charge in [0.25, 0.3) is 0 Å². The smallest absolute Gasteiger partial charge is 0.120 e. The van der Waals surface area contributed by atoms with Crippen molar-refractivity contribution < 1.29 is 9.47 Å². The molecule has 1 aliphatic rings. The molecule has 0 amide bonds. The summed E-state index contributed by atoms with van der Waals surface area (Å²) in [5.74, 6) is 2.58. The Morgan fingerprint density at radius 2 is 1.38 bits per heavy atom. The van der Waals surface area contributed by atoms with Crippen LogP contribution in [0.1, 0.15) is 29.5 Å². The summed E-state index contributed by atoms with van der Waals surface area (Å²) < 4.78 is 11.8. The topological polar surface area (TPSA) is 21.7 Å². The number of hydrogen-bond acceptors (Lipinski definition) is 3. The molecular formula is C28H34ClNO2. The Balaban J connectivity index is 0.00000289. The number of halogens is 1. The second-order valence-corrected chi connectivity index (χ2v) is 8.57. The number of ether oxygens (including phenoxy) is 2. The number of rotatable bonds is 9. The van der Waals surface area contributed by atoms with Crippen LogP contribution in [0.15, 0.2) is 78.9 Å². The molecule has 170 valence electrons. The Morgan fingerprint density at radius 1 is 0.750 bits per heavy atom. The van der Waals surface area contributed by atoms with E-state index >= 15 is 0 Å². The zero-order valence-electron chi connectivity index (χ0n) is 18.9.